The molecule has 2 rings (SSSR count). The maximum Gasteiger partial charge on any atom is 0.311 e. The molecule has 0 unspecified atom stereocenters. The van der Waals surface area contributed by atoms with E-state index in [9.17, 15) is 9.90 Å². The maximum atomic E-state index is 11.3. The van der Waals surface area contributed by atoms with Crippen molar-refractivity contribution in [2.45, 2.75) is 31.8 Å². The molecule has 104 valence electrons. The average molecular weight is 266 g/mol. The predicted octanol–water partition coefficient (Wildman–Crippen LogP) is 1.24. The van der Waals surface area contributed by atoms with Gasteiger partial charge in [0, 0.05) is 6.61 Å². The summed E-state index contributed by atoms with van der Waals surface area (Å²) in [5.41, 5.74) is 1.01. The molecular formula is C14H18O5. The SMILES string of the molecule is CCO[C@]1(COCc2ccccc2)OC(=O)C[C@H]1O. The summed E-state index contributed by atoms with van der Waals surface area (Å²) in [6.45, 7) is 2.50. The van der Waals surface area contributed by atoms with Crippen molar-refractivity contribution in [3.8, 4) is 0 Å². The number of ether oxygens (including phenoxy) is 3. The van der Waals surface area contributed by atoms with E-state index in [2.05, 4.69) is 0 Å². The number of carbonyl (C=O) groups is 1. The second-order valence-electron chi connectivity index (χ2n) is 4.42. The van der Waals surface area contributed by atoms with Gasteiger partial charge in [0.2, 0.25) is 0 Å². The maximum absolute atomic E-state index is 11.3. The standard InChI is InChI=1S/C14H18O5/c1-2-18-14(12(15)8-13(16)19-14)10-17-9-11-6-4-3-5-7-11/h3-7,12,15H,2,8-10H2,1H3/t12-,14-/m1/s1. The van der Waals surface area contributed by atoms with Gasteiger partial charge in [-0.1, -0.05) is 30.3 Å². The van der Waals surface area contributed by atoms with Gasteiger partial charge < -0.3 is 19.3 Å². The van der Waals surface area contributed by atoms with Gasteiger partial charge in [-0.2, -0.15) is 0 Å². The van der Waals surface area contributed by atoms with E-state index < -0.39 is 17.9 Å². The smallest absolute Gasteiger partial charge is 0.311 e. The molecule has 5 heteroatoms. The molecule has 1 aliphatic heterocycles. The highest BCUT2D eigenvalue weighted by Crippen LogP contribution is 2.29. The van der Waals surface area contributed by atoms with E-state index in [0.29, 0.717) is 13.2 Å². The summed E-state index contributed by atoms with van der Waals surface area (Å²) in [7, 11) is 0. The third-order valence-corrected chi connectivity index (χ3v) is 2.96. The number of aliphatic hydroxyl groups excluding tert-OH is 1. The van der Waals surface area contributed by atoms with E-state index >= 15 is 0 Å². The Balaban J connectivity index is 1.93. The van der Waals surface area contributed by atoms with E-state index in [1.807, 2.05) is 30.3 Å². The van der Waals surface area contributed by atoms with Gasteiger partial charge in [-0.05, 0) is 12.5 Å². The molecule has 1 aromatic carbocycles. The van der Waals surface area contributed by atoms with Crippen LogP contribution in [0.3, 0.4) is 0 Å². The summed E-state index contributed by atoms with van der Waals surface area (Å²) in [5, 5.41) is 9.89. The highest BCUT2D eigenvalue weighted by Gasteiger charge is 2.50. The zero-order chi connectivity index (χ0) is 13.7. The number of esters is 1. The Labute approximate surface area is 112 Å². The minimum Gasteiger partial charge on any atom is -0.427 e. The molecule has 2 atom stereocenters. The van der Waals surface area contributed by atoms with Crippen LogP contribution in [0.4, 0.5) is 0 Å². The lowest BCUT2D eigenvalue weighted by molar-refractivity contribution is -0.262. The normalized spacial score (nSPS) is 26.4. The summed E-state index contributed by atoms with van der Waals surface area (Å²) in [5.74, 6) is -1.83. The van der Waals surface area contributed by atoms with Gasteiger partial charge in [-0.15, -0.1) is 0 Å². The van der Waals surface area contributed by atoms with Crippen molar-refractivity contribution in [1.29, 1.82) is 0 Å². The van der Waals surface area contributed by atoms with Gasteiger partial charge >= 0.3 is 5.97 Å². The summed E-state index contributed by atoms with van der Waals surface area (Å²) < 4.78 is 16.0. The van der Waals surface area contributed by atoms with Crippen LogP contribution in [0.25, 0.3) is 0 Å². The Morgan fingerprint density at radius 1 is 1.42 bits per heavy atom. The number of aliphatic hydroxyl groups is 1. The number of cyclic esters (lactones) is 1. The third-order valence-electron chi connectivity index (χ3n) is 2.96. The molecule has 1 saturated heterocycles. The summed E-state index contributed by atoms with van der Waals surface area (Å²) >= 11 is 0. The largest absolute Gasteiger partial charge is 0.427 e. The molecule has 0 bridgehead atoms. The first-order chi connectivity index (χ1) is 9.16. The zero-order valence-electron chi connectivity index (χ0n) is 10.9. The van der Waals surface area contributed by atoms with Crippen molar-refractivity contribution in [3.05, 3.63) is 35.9 Å². The Kier molecular flexibility index (Phi) is 4.52. The molecular weight excluding hydrogens is 248 g/mol. The molecule has 0 aliphatic carbocycles. The molecule has 5 nitrogen and oxygen atoms in total. The zero-order valence-corrected chi connectivity index (χ0v) is 10.9. The number of hydrogen-bond donors (Lipinski definition) is 1. The molecule has 0 aromatic heterocycles. The molecule has 1 aliphatic rings. The van der Waals surface area contributed by atoms with Crippen molar-refractivity contribution in [1.82, 2.24) is 0 Å². The van der Waals surface area contributed by atoms with Gasteiger partial charge in [-0.25, -0.2) is 0 Å². The molecule has 1 heterocycles. The van der Waals surface area contributed by atoms with Crippen LogP contribution in [0, 0.1) is 0 Å². The number of hydrogen-bond acceptors (Lipinski definition) is 5. The molecule has 0 spiro atoms. The van der Waals surface area contributed by atoms with E-state index in [-0.39, 0.29) is 13.0 Å². The molecule has 1 fully saturated rings. The van der Waals surface area contributed by atoms with E-state index in [1.54, 1.807) is 6.92 Å². The van der Waals surface area contributed by atoms with Crippen LogP contribution in [0.15, 0.2) is 30.3 Å². The van der Waals surface area contributed by atoms with Crippen LogP contribution >= 0.6 is 0 Å². The second kappa shape index (κ2) is 6.14. The average Bonchev–Trinajstić information content (AvgIpc) is 2.66. The Bertz CT molecular complexity index is 419. The van der Waals surface area contributed by atoms with Crippen LogP contribution in [-0.2, 0) is 25.6 Å². The molecule has 1 aromatic rings. The van der Waals surface area contributed by atoms with E-state index in [1.165, 1.54) is 0 Å². The first-order valence-electron chi connectivity index (χ1n) is 6.32. The van der Waals surface area contributed by atoms with Gasteiger partial charge in [0.15, 0.2) is 0 Å². The molecule has 1 N–H and O–H groups in total. The van der Waals surface area contributed by atoms with Crippen molar-refractivity contribution >= 4 is 5.97 Å². The molecule has 0 saturated carbocycles. The van der Waals surface area contributed by atoms with Crippen LogP contribution in [-0.4, -0.2) is 36.2 Å². The number of rotatable bonds is 6. The van der Waals surface area contributed by atoms with Crippen molar-refractivity contribution in [2.24, 2.45) is 0 Å². The Hall–Kier alpha value is -1.43. The molecule has 0 amide bonds. The van der Waals surface area contributed by atoms with Crippen LogP contribution in [0.2, 0.25) is 0 Å². The highest BCUT2D eigenvalue weighted by atomic mass is 16.7. The van der Waals surface area contributed by atoms with Crippen LogP contribution < -0.4 is 0 Å². The van der Waals surface area contributed by atoms with Gasteiger partial charge in [0.05, 0.1) is 13.0 Å². The fourth-order valence-electron chi connectivity index (χ4n) is 2.04. The van der Waals surface area contributed by atoms with Crippen molar-refractivity contribution in [3.63, 3.8) is 0 Å². The first kappa shape index (κ1) is 14.0. The van der Waals surface area contributed by atoms with Gasteiger partial charge in [0.25, 0.3) is 5.79 Å². The lowest BCUT2D eigenvalue weighted by Crippen LogP contribution is -2.46. The molecule has 19 heavy (non-hydrogen) atoms. The highest BCUT2D eigenvalue weighted by molar-refractivity contribution is 5.73. The summed E-state index contributed by atoms with van der Waals surface area (Å²) in [6, 6.07) is 9.63. The minimum atomic E-state index is -1.36. The van der Waals surface area contributed by atoms with Crippen LogP contribution in [0.1, 0.15) is 18.9 Å². The number of carbonyl (C=O) groups excluding carboxylic acids is 1. The second-order valence-corrected chi connectivity index (χ2v) is 4.42. The number of benzene rings is 1. The lowest BCUT2D eigenvalue weighted by Gasteiger charge is -2.29. The van der Waals surface area contributed by atoms with Crippen molar-refractivity contribution < 1.29 is 24.1 Å². The summed E-state index contributed by atoms with van der Waals surface area (Å²) in [4.78, 5) is 11.3. The van der Waals surface area contributed by atoms with Gasteiger partial charge in [-0.3, -0.25) is 4.79 Å². The summed E-state index contributed by atoms with van der Waals surface area (Å²) in [6.07, 6.45) is -1.05. The molecule has 0 radical (unpaired) electrons. The van der Waals surface area contributed by atoms with Crippen molar-refractivity contribution in [2.75, 3.05) is 13.2 Å². The van der Waals surface area contributed by atoms with E-state index in [0.717, 1.165) is 5.56 Å². The fourth-order valence-corrected chi connectivity index (χ4v) is 2.04. The minimum absolute atomic E-state index is 0.0165. The Morgan fingerprint density at radius 3 is 2.74 bits per heavy atom. The van der Waals surface area contributed by atoms with Gasteiger partial charge in [0.1, 0.15) is 12.7 Å². The van der Waals surface area contributed by atoms with E-state index in [4.69, 9.17) is 14.2 Å². The monoisotopic (exact) mass is 266 g/mol. The fraction of sp³-hybridized carbons (Fsp3) is 0.500. The third kappa shape index (κ3) is 3.32. The van der Waals surface area contributed by atoms with Crippen LogP contribution in [0.5, 0.6) is 0 Å². The quantitative estimate of drug-likeness (QED) is 0.785. The topological polar surface area (TPSA) is 65.0 Å². The lowest BCUT2D eigenvalue weighted by atomic mass is 10.1. The first-order valence-corrected chi connectivity index (χ1v) is 6.32. The Morgan fingerprint density at radius 2 is 2.16 bits per heavy atom. The predicted molar refractivity (Wildman–Crippen MR) is 67.2 cm³/mol.